The SMILES string of the molecule is c1ccc(N(c2ccc3c4ccccc4c4ccccc4c4ccccc4c4c(ccc5sc6ccccc6c54)c3c2)c2cccc3ccccc23)cc1. The van der Waals surface area contributed by atoms with Crippen LogP contribution >= 0.6 is 11.3 Å². The van der Waals surface area contributed by atoms with Gasteiger partial charge in [-0.25, -0.2) is 0 Å². The molecular weight excluding hydrogens is 671 g/mol. The predicted octanol–water partition coefficient (Wildman–Crippen LogP) is 15.6. The second-order valence-corrected chi connectivity index (χ2v) is 15.1. The summed E-state index contributed by atoms with van der Waals surface area (Å²) in [5.41, 5.74) is 3.38. The van der Waals surface area contributed by atoms with Crippen LogP contribution in [0.25, 0.3) is 84.8 Å². The van der Waals surface area contributed by atoms with Gasteiger partial charge in [0.1, 0.15) is 0 Å². The van der Waals surface area contributed by atoms with E-state index in [0.29, 0.717) is 0 Å². The first-order chi connectivity index (χ1) is 26.8. The molecule has 0 saturated heterocycles. The van der Waals surface area contributed by atoms with Crippen molar-refractivity contribution in [2.45, 2.75) is 0 Å². The zero-order chi connectivity index (χ0) is 35.6. The molecule has 1 nitrogen and oxygen atoms in total. The maximum Gasteiger partial charge on any atom is 0.0540 e. The summed E-state index contributed by atoms with van der Waals surface area (Å²) in [6, 6.07) is 73.8. The third-order valence-electron chi connectivity index (χ3n) is 11.0. The van der Waals surface area contributed by atoms with E-state index in [2.05, 4.69) is 205 Å². The summed E-state index contributed by atoms with van der Waals surface area (Å²) in [4.78, 5) is 2.43. The highest BCUT2D eigenvalue weighted by atomic mass is 32.1. The van der Waals surface area contributed by atoms with Gasteiger partial charge in [-0.2, -0.15) is 0 Å². The Morgan fingerprint density at radius 2 is 0.778 bits per heavy atom. The van der Waals surface area contributed by atoms with Crippen molar-refractivity contribution in [3.63, 3.8) is 0 Å². The minimum absolute atomic E-state index is 1.11. The third kappa shape index (κ3) is 4.78. The van der Waals surface area contributed by atoms with Gasteiger partial charge in [0.2, 0.25) is 0 Å². The average Bonchev–Trinajstić information content (AvgIpc) is 3.63. The van der Waals surface area contributed by atoms with Crippen molar-refractivity contribution in [3.05, 3.63) is 200 Å². The van der Waals surface area contributed by atoms with Crippen molar-refractivity contribution in [1.29, 1.82) is 0 Å². The average molecular weight is 704 g/mol. The Kier molecular flexibility index (Phi) is 7.11. The molecule has 0 N–H and O–H groups in total. The quantitative estimate of drug-likeness (QED) is 0.177. The molecule has 2 heteroatoms. The summed E-state index contributed by atoms with van der Waals surface area (Å²) in [6.45, 7) is 0. The van der Waals surface area contributed by atoms with Crippen molar-refractivity contribution >= 4 is 113 Å². The van der Waals surface area contributed by atoms with E-state index in [0.717, 1.165) is 17.1 Å². The summed E-state index contributed by atoms with van der Waals surface area (Å²) in [5.74, 6) is 0. The van der Waals surface area contributed by atoms with Crippen LogP contribution in [0.1, 0.15) is 0 Å². The van der Waals surface area contributed by atoms with Crippen molar-refractivity contribution in [1.82, 2.24) is 0 Å². The van der Waals surface area contributed by atoms with Crippen molar-refractivity contribution in [2.24, 2.45) is 0 Å². The molecule has 11 rings (SSSR count). The van der Waals surface area contributed by atoms with Gasteiger partial charge in [-0.05, 0) is 102 Å². The van der Waals surface area contributed by atoms with E-state index < -0.39 is 0 Å². The van der Waals surface area contributed by atoms with E-state index in [1.54, 1.807) is 0 Å². The highest BCUT2D eigenvalue weighted by Gasteiger charge is 2.18. The lowest BCUT2D eigenvalue weighted by Gasteiger charge is -2.27. The smallest absolute Gasteiger partial charge is 0.0540 e. The molecule has 0 aliphatic heterocycles. The molecule has 0 aliphatic rings. The molecular formula is C52H33NS. The summed E-state index contributed by atoms with van der Waals surface area (Å²) in [7, 11) is 0. The van der Waals surface area contributed by atoms with Gasteiger partial charge in [-0.3, -0.25) is 0 Å². The second-order valence-electron chi connectivity index (χ2n) is 14.0. The lowest BCUT2D eigenvalue weighted by molar-refractivity contribution is 1.30. The molecule has 0 atom stereocenters. The van der Waals surface area contributed by atoms with Crippen LogP contribution in [0.5, 0.6) is 0 Å². The van der Waals surface area contributed by atoms with Gasteiger partial charge >= 0.3 is 0 Å². The Labute approximate surface area is 316 Å². The van der Waals surface area contributed by atoms with Crippen molar-refractivity contribution in [2.75, 3.05) is 4.90 Å². The Balaban J connectivity index is 1.41. The van der Waals surface area contributed by atoms with E-state index in [-0.39, 0.29) is 0 Å². The molecule has 0 spiro atoms. The number of para-hydroxylation sites is 1. The molecule has 54 heavy (non-hydrogen) atoms. The molecule has 10 aromatic carbocycles. The van der Waals surface area contributed by atoms with Crippen LogP contribution in [0.4, 0.5) is 17.1 Å². The molecule has 0 saturated carbocycles. The van der Waals surface area contributed by atoms with E-state index in [1.807, 2.05) is 11.3 Å². The zero-order valence-electron chi connectivity index (χ0n) is 29.4. The molecule has 252 valence electrons. The monoisotopic (exact) mass is 703 g/mol. The second kappa shape index (κ2) is 12.4. The van der Waals surface area contributed by atoms with Gasteiger partial charge in [0, 0.05) is 36.9 Å². The van der Waals surface area contributed by atoms with Gasteiger partial charge in [-0.15, -0.1) is 11.3 Å². The number of hydrogen-bond donors (Lipinski definition) is 0. The van der Waals surface area contributed by atoms with Crippen LogP contribution in [-0.2, 0) is 0 Å². The summed E-state index contributed by atoms with van der Waals surface area (Å²) in [6.07, 6.45) is 0. The summed E-state index contributed by atoms with van der Waals surface area (Å²) >= 11 is 1.88. The zero-order valence-corrected chi connectivity index (χ0v) is 30.2. The fraction of sp³-hybridized carbons (Fsp3) is 0. The third-order valence-corrected chi connectivity index (χ3v) is 12.2. The van der Waals surface area contributed by atoms with Crippen molar-refractivity contribution in [3.8, 4) is 0 Å². The first-order valence-corrected chi connectivity index (χ1v) is 19.3. The van der Waals surface area contributed by atoms with Gasteiger partial charge in [-0.1, -0.05) is 158 Å². The normalized spacial score (nSPS) is 11.7. The number of fused-ring (bicyclic) bond motifs is 15. The topological polar surface area (TPSA) is 3.24 Å². The summed E-state index contributed by atoms with van der Waals surface area (Å²) in [5, 5.41) is 17.4. The minimum Gasteiger partial charge on any atom is -0.310 e. The largest absolute Gasteiger partial charge is 0.310 e. The van der Waals surface area contributed by atoms with Crippen LogP contribution < -0.4 is 4.90 Å². The van der Waals surface area contributed by atoms with Gasteiger partial charge in [0.25, 0.3) is 0 Å². The van der Waals surface area contributed by atoms with Crippen LogP contribution in [-0.4, -0.2) is 0 Å². The fourth-order valence-corrected chi connectivity index (χ4v) is 9.81. The molecule has 0 bridgehead atoms. The molecule has 0 aliphatic carbocycles. The highest BCUT2D eigenvalue weighted by molar-refractivity contribution is 7.26. The van der Waals surface area contributed by atoms with E-state index in [4.69, 9.17) is 0 Å². The number of thiophene rings is 1. The number of rotatable bonds is 3. The van der Waals surface area contributed by atoms with Gasteiger partial charge < -0.3 is 4.90 Å². The Morgan fingerprint density at radius 1 is 0.278 bits per heavy atom. The maximum absolute atomic E-state index is 2.44. The molecule has 0 fully saturated rings. The lowest BCUT2D eigenvalue weighted by Crippen LogP contribution is -2.10. The lowest BCUT2D eigenvalue weighted by atomic mass is 9.92. The molecule has 0 amide bonds. The molecule has 0 unspecified atom stereocenters. The number of benzene rings is 9. The van der Waals surface area contributed by atoms with Crippen LogP contribution in [0, 0.1) is 0 Å². The van der Waals surface area contributed by atoms with Crippen LogP contribution in [0.2, 0.25) is 0 Å². The van der Waals surface area contributed by atoms with Crippen LogP contribution in [0.15, 0.2) is 200 Å². The first kappa shape index (κ1) is 30.8. The predicted molar refractivity (Wildman–Crippen MR) is 237 cm³/mol. The maximum atomic E-state index is 2.44. The van der Waals surface area contributed by atoms with Gasteiger partial charge in [0.05, 0.1) is 5.69 Å². The Hall–Kier alpha value is -6.74. The standard InChI is InChI=1S/C52H33NS/c1-2-17-35(18-3-1)53(48-27-14-16-34-15-4-5-19-37(34)48)36-29-30-43-41-23-9-7-21-39(41)38-20-6-8-22-40(38)42-24-10-11-25-44(42)51-45(47(43)33-36)31-32-50-52(51)46-26-12-13-28-49(46)54-50/h1-33H. The number of hydrogen-bond acceptors (Lipinski definition) is 2. The fourth-order valence-electron chi connectivity index (χ4n) is 8.70. The van der Waals surface area contributed by atoms with Gasteiger partial charge in [0.15, 0.2) is 0 Å². The summed E-state index contributed by atoms with van der Waals surface area (Å²) < 4.78 is 2.61. The van der Waals surface area contributed by atoms with Crippen LogP contribution in [0.3, 0.4) is 0 Å². The molecule has 11 aromatic rings. The first-order valence-electron chi connectivity index (χ1n) is 18.5. The van der Waals surface area contributed by atoms with Crippen molar-refractivity contribution < 1.29 is 0 Å². The molecule has 1 heterocycles. The van der Waals surface area contributed by atoms with E-state index >= 15 is 0 Å². The highest BCUT2D eigenvalue weighted by Crippen LogP contribution is 2.46. The van der Waals surface area contributed by atoms with E-state index in [9.17, 15) is 0 Å². The molecule has 0 radical (unpaired) electrons. The Bertz CT molecular complexity index is 3340. The Morgan fingerprint density at radius 3 is 1.48 bits per heavy atom. The minimum atomic E-state index is 1.11. The van der Waals surface area contributed by atoms with E-state index in [1.165, 1.54) is 84.8 Å². The number of nitrogens with zero attached hydrogens (tertiary/aromatic N) is 1. The molecule has 1 aromatic heterocycles. The number of anilines is 3.